The van der Waals surface area contributed by atoms with Gasteiger partial charge in [0.05, 0.1) is 0 Å². The molecule has 0 aliphatic carbocycles. The van der Waals surface area contributed by atoms with E-state index in [1.807, 2.05) is 6.92 Å². The van der Waals surface area contributed by atoms with Crippen LogP contribution in [0.25, 0.3) is 0 Å². The molecule has 1 aromatic rings. The van der Waals surface area contributed by atoms with E-state index in [0.717, 1.165) is 5.56 Å². The molecule has 0 radical (unpaired) electrons. The second kappa shape index (κ2) is 2.46. The fourth-order valence-corrected chi connectivity index (χ4v) is 0.884. The molecule has 1 aromatic heterocycles. The highest BCUT2D eigenvalue weighted by Crippen LogP contribution is 2.09. The molecule has 0 spiro atoms. The molecule has 0 N–H and O–H groups in total. The molecular weight excluding hydrogens is 150 g/mol. The van der Waals surface area contributed by atoms with Gasteiger partial charge >= 0.3 is 0 Å². The molecule has 0 saturated heterocycles. The molecule has 0 amide bonds. The average molecular weight is 158 g/mol. The molecular formula is C7H8ClNO. The van der Waals surface area contributed by atoms with Gasteiger partial charge in [0.1, 0.15) is 5.15 Å². The number of aromatic nitrogens is 1. The summed E-state index contributed by atoms with van der Waals surface area (Å²) in [5, 5.41) is 0.507. The van der Waals surface area contributed by atoms with Gasteiger partial charge in [0.2, 0.25) is 0 Å². The van der Waals surface area contributed by atoms with Crippen LogP contribution in [-0.4, -0.2) is 4.57 Å². The van der Waals surface area contributed by atoms with Crippen LogP contribution in [0.5, 0.6) is 0 Å². The summed E-state index contributed by atoms with van der Waals surface area (Å²) in [7, 11) is 1.65. The zero-order valence-electron chi connectivity index (χ0n) is 5.89. The Balaban J connectivity index is 3.49. The Morgan fingerprint density at radius 3 is 2.60 bits per heavy atom. The first-order chi connectivity index (χ1) is 4.63. The normalized spacial score (nSPS) is 9.90. The molecule has 0 saturated carbocycles. The molecule has 10 heavy (non-hydrogen) atoms. The summed E-state index contributed by atoms with van der Waals surface area (Å²) < 4.78 is 1.41. The van der Waals surface area contributed by atoms with Gasteiger partial charge in [-0.15, -0.1) is 0 Å². The van der Waals surface area contributed by atoms with Gasteiger partial charge in [0, 0.05) is 13.1 Å². The molecule has 0 bridgehead atoms. The van der Waals surface area contributed by atoms with Crippen molar-refractivity contribution < 1.29 is 0 Å². The standard InChI is InChI=1S/C7H8ClNO/c1-5-3-4-6(10)9(2)7(5)8/h3-4H,1-2H3. The SMILES string of the molecule is Cc1ccc(=O)n(C)c1Cl. The van der Waals surface area contributed by atoms with Crippen LogP contribution in [0, 0.1) is 6.92 Å². The third-order valence-electron chi connectivity index (χ3n) is 1.43. The fraction of sp³-hybridized carbons (Fsp3) is 0.286. The minimum Gasteiger partial charge on any atom is -0.302 e. The summed E-state index contributed by atoms with van der Waals surface area (Å²) in [5.41, 5.74) is 0.847. The Labute approximate surface area is 64.1 Å². The van der Waals surface area contributed by atoms with Crippen LogP contribution in [0.3, 0.4) is 0 Å². The van der Waals surface area contributed by atoms with Crippen molar-refractivity contribution in [2.45, 2.75) is 6.92 Å². The van der Waals surface area contributed by atoms with Gasteiger partial charge in [-0.1, -0.05) is 17.7 Å². The van der Waals surface area contributed by atoms with E-state index in [1.54, 1.807) is 13.1 Å². The van der Waals surface area contributed by atoms with Crippen LogP contribution < -0.4 is 5.56 Å². The summed E-state index contributed by atoms with van der Waals surface area (Å²) in [6.45, 7) is 1.86. The van der Waals surface area contributed by atoms with Crippen LogP contribution >= 0.6 is 11.6 Å². The highest BCUT2D eigenvalue weighted by Gasteiger charge is 1.97. The number of rotatable bonds is 0. The maximum absolute atomic E-state index is 10.9. The van der Waals surface area contributed by atoms with Crippen LogP contribution in [0.1, 0.15) is 5.56 Å². The van der Waals surface area contributed by atoms with Crippen molar-refractivity contribution in [1.29, 1.82) is 0 Å². The quantitative estimate of drug-likeness (QED) is 0.521. The first kappa shape index (κ1) is 7.35. The lowest BCUT2D eigenvalue weighted by Gasteiger charge is -2.01. The molecule has 54 valence electrons. The monoisotopic (exact) mass is 157 g/mol. The third kappa shape index (κ3) is 1.07. The molecule has 1 rings (SSSR count). The lowest BCUT2D eigenvalue weighted by atomic mass is 10.3. The molecule has 0 aromatic carbocycles. The molecule has 0 fully saturated rings. The van der Waals surface area contributed by atoms with Gasteiger partial charge in [0.25, 0.3) is 5.56 Å². The lowest BCUT2D eigenvalue weighted by Crippen LogP contribution is -2.15. The van der Waals surface area contributed by atoms with Crippen molar-refractivity contribution in [3.05, 3.63) is 33.2 Å². The number of hydrogen-bond donors (Lipinski definition) is 0. The second-order valence-electron chi connectivity index (χ2n) is 2.20. The van der Waals surface area contributed by atoms with Gasteiger partial charge in [-0.2, -0.15) is 0 Å². The van der Waals surface area contributed by atoms with E-state index in [4.69, 9.17) is 11.6 Å². The van der Waals surface area contributed by atoms with Gasteiger partial charge in [-0.3, -0.25) is 4.79 Å². The Morgan fingerprint density at radius 1 is 1.50 bits per heavy atom. The number of halogens is 1. The van der Waals surface area contributed by atoms with Crippen LogP contribution in [0.15, 0.2) is 16.9 Å². The van der Waals surface area contributed by atoms with Crippen LogP contribution in [0.4, 0.5) is 0 Å². The van der Waals surface area contributed by atoms with Crippen molar-refractivity contribution in [1.82, 2.24) is 4.57 Å². The van der Waals surface area contributed by atoms with E-state index in [0.29, 0.717) is 5.15 Å². The lowest BCUT2D eigenvalue weighted by molar-refractivity contribution is 0.853. The van der Waals surface area contributed by atoms with E-state index in [2.05, 4.69) is 0 Å². The Bertz CT molecular complexity index is 303. The number of hydrogen-bond acceptors (Lipinski definition) is 1. The Morgan fingerprint density at radius 2 is 2.10 bits per heavy atom. The molecule has 3 heteroatoms. The molecule has 2 nitrogen and oxygen atoms in total. The maximum atomic E-state index is 10.9. The second-order valence-corrected chi connectivity index (χ2v) is 2.56. The summed E-state index contributed by atoms with van der Waals surface area (Å²) in [6, 6.07) is 3.21. The van der Waals surface area contributed by atoms with E-state index in [-0.39, 0.29) is 5.56 Å². The summed E-state index contributed by atoms with van der Waals surface area (Å²) in [5.74, 6) is 0. The van der Waals surface area contributed by atoms with Crippen molar-refractivity contribution in [2.24, 2.45) is 7.05 Å². The third-order valence-corrected chi connectivity index (χ3v) is 1.98. The molecule has 0 unspecified atom stereocenters. The van der Waals surface area contributed by atoms with E-state index in [1.165, 1.54) is 10.6 Å². The predicted octanol–water partition coefficient (Wildman–Crippen LogP) is 1.35. The van der Waals surface area contributed by atoms with Crippen LogP contribution in [0.2, 0.25) is 5.15 Å². The minimum absolute atomic E-state index is 0.0735. The Kier molecular flexibility index (Phi) is 1.81. The largest absolute Gasteiger partial charge is 0.302 e. The maximum Gasteiger partial charge on any atom is 0.251 e. The van der Waals surface area contributed by atoms with Crippen molar-refractivity contribution in [3.63, 3.8) is 0 Å². The highest BCUT2D eigenvalue weighted by molar-refractivity contribution is 6.30. The van der Waals surface area contributed by atoms with Gasteiger partial charge in [0.15, 0.2) is 0 Å². The topological polar surface area (TPSA) is 22.0 Å². The van der Waals surface area contributed by atoms with E-state index >= 15 is 0 Å². The predicted molar refractivity (Wildman–Crippen MR) is 41.4 cm³/mol. The number of aryl methyl sites for hydroxylation is 1. The zero-order chi connectivity index (χ0) is 7.72. The molecule has 0 aliphatic rings. The molecule has 0 aliphatic heterocycles. The van der Waals surface area contributed by atoms with Crippen LogP contribution in [-0.2, 0) is 7.05 Å². The van der Waals surface area contributed by atoms with Crippen molar-refractivity contribution >= 4 is 11.6 Å². The first-order valence-electron chi connectivity index (χ1n) is 2.95. The van der Waals surface area contributed by atoms with Crippen molar-refractivity contribution in [3.8, 4) is 0 Å². The smallest absolute Gasteiger partial charge is 0.251 e. The van der Waals surface area contributed by atoms with E-state index in [9.17, 15) is 4.79 Å². The van der Waals surface area contributed by atoms with Gasteiger partial charge in [-0.25, -0.2) is 0 Å². The molecule has 1 heterocycles. The zero-order valence-corrected chi connectivity index (χ0v) is 6.64. The number of nitrogens with zero attached hydrogens (tertiary/aromatic N) is 1. The molecule has 0 atom stereocenters. The summed E-state index contributed by atoms with van der Waals surface area (Å²) in [6.07, 6.45) is 0. The number of pyridine rings is 1. The summed E-state index contributed by atoms with van der Waals surface area (Å²) >= 11 is 5.75. The first-order valence-corrected chi connectivity index (χ1v) is 3.33. The highest BCUT2D eigenvalue weighted by atomic mass is 35.5. The Hall–Kier alpha value is -0.760. The van der Waals surface area contributed by atoms with Gasteiger partial charge < -0.3 is 4.57 Å². The fourth-order valence-electron chi connectivity index (χ4n) is 0.738. The minimum atomic E-state index is -0.0735. The van der Waals surface area contributed by atoms with Crippen molar-refractivity contribution in [2.75, 3.05) is 0 Å². The summed E-state index contributed by atoms with van der Waals surface area (Å²) in [4.78, 5) is 10.9. The van der Waals surface area contributed by atoms with E-state index < -0.39 is 0 Å². The average Bonchev–Trinajstić information content (AvgIpc) is 1.93. The van der Waals surface area contributed by atoms with Gasteiger partial charge in [-0.05, 0) is 12.5 Å².